The van der Waals surface area contributed by atoms with Crippen molar-refractivity contribution >= 4 is 22.8 Å². The Morgan fingerprint density at radius 3 is 2.77 bits per heavy atom. The van der Waals surface area contributed by atoms with Crippen LogP contribution in [0.3, 0.4) is 0 Å². The number of nitrogens with zero attached hydrogens (tertiary/aromatic N) is 1. The van der Waals surface area contributed by atoms with Gasteiger partial charge >= 0.3 is 6.18 Å². The summed E-state index contributed by atoms with van der Waals surface area (Å²) in [7, 11) is 0. The predicted octanol–water partition coefficient (Wildman–Crippen LogP) is 1.64. The highest BCUT2D eigenvalue weighted by atomic mass is 19.4. The van der Waals surface area contributed by atoms with Gasteiger partial charge in [0.05, 0.1) is 12.2 Å². The van der Waals surface area contributed by atoms with Crippen molar-refractivity contribution in [3.63, 3.8) is 0 Å². The molecule has 1 unspecified atom stereocenters. The Labute approximate surface area is 167 Å². The summed E-state index contributed by atoms with van der Waals surface area (Å²) < 4.78 is 49.7. The lowest BCUT2D eigenvalue weighted by molar-refractivity contribution is -0.142. The number of primary amides is 1. The Hall–Kier alpha value is -3.54. The molecule has 9 nitrogen and oxygen atoms in total. The maximum Gasteiger partial charge on any atom is 0.435 e. The van der Waals surface area contributed by atoms with Crippen LogP contribution < -0.4 is 15.8 Å². The number of nitrogens with one attached hydrogen (secondary N) is 2. The molecule has 12 heteroatoms. The molecule has 5 N–H and O–H groups in total. The molecular weight excluding hydrogens is 409 g/mol. The normalized spacial score (nSPS) is 12.7. The van der Waals surface area contributed by atoms with Crippen LogP contribution in [0.2, 0.25) is 0 Å². The van der Waals surface area contributed by atoms with E-state index in [0.717, 1.165) is 6.20 Å². The molecule has 0 aliphatic heterocycles. The fourth-order valence-electron chi connectivity index (χ4n) is 2.84. The number of benzene rings is 1. The minimum atomic E-state index is -4.63. The Balaban J connectivity index is 1.86. The second-order valence-electron chi connectivity index (χ2n) is 6.35. The Bertz CT molecular complexity index is 1090. The number of aromatic amines is 1. The van der Waals surface area contributed by atoms with Crippen LogP contribution in [0.4, 0.5) is 13.2 Å². The summed E-state index contributed by atoms with van der Waals surface area (Å²) in [4.78, 5) is 23.8. The van der Waals surface area contributed by atoms with Crippen molar-refractivity contribution in [3.05, 3.63) is 47.0 Å². The average molecular weight is 426 g/mol. The summed E-state index contributed by atoms with van der Waals surface area (Å²) >= 11 is 0. The van der Waals surface area contributed by atoms with E-state index >= 15 is 0 Å². The number of rotatable bonds is 7. The van der Waals surface area contributed by atoms with Crippen LogP contribution in [0.15, 0.2) is 28.8 Å². The van der Waals surface area contributed by atoms with E-state index in [4.69, 9.17) is 20.0 Å². The van der Waals surface area contributed by atoms with E-state index in [-0.39, 0.29) is 22.6 Å². The Morgan fingerprint density at radius 1 is 1.40 bits per heavy atom. The first-order valence-electron chi connectivity index (χ1n) is 8.58. The van der Waals surface area contributed by atoms with E-state index in [1.165, 1.54) is 25.1 Å². The number of aliphatic hydroxyl groups excluding tert-OH is 1. The molecule has 3 aromatic rings. The number of furan rings is 1. The molecule has 0 bridgehead atoms. The molecule has 1 atom stereocenters. The third-order valence-corrected chi connectivity index (χ3v) is 4.28. The van der Waals surface area contributed by atoms with E-state index < -0.39 is 42.9 Å². The molecule has 0 aliphatic rings. The maximum absolute atomic E-state index is 12.9. The minimum Gasteiger partial charge on any atom is -0.489 e. The molecule has 160 valence electrons. The second kappa shape index (κ2) is 8.06. The summed E-state index contributed by atoms with van der Waals surface area (Å²) in [6, 6.07) is 3.10. The van der Waals surface area contributed by atoms with Gasteiger partial charge in [-0.3, -0.25) is 14.7 Å². The summed E-state index contributed by atoms with van der Waals surface area (Å²) in [6.07, 6.45) is -3.54. The van der Waals surface area contributed by atoms with Gasteiger partial charge in [0.2, 0.25) is 5.91 Å². The lowest BCUT2D eigenvalue weighted by atomic mass is 10.1. The van der Waals surface area contributed by atoms with Crippen molar-refractivity contribution in [2.45, 2.75) is 25.7 Å². The first-order valence-corrected chi connectivity index (χ1v) is 8.58. The number of carbonyl (C=O) groups is 2. The van der Waals surface area contributed by atoms with Crippen LogP contribution in [-0.4, -0.2) is 39.8 Å². The van der Waals surface area contributed by atoms with Crippen LogP contribution >= 0.6 is 0 Å². The lowest BCUT2D eigenvalue weighted by Crippen LogP contribution is -2.46. The molecule has 0 radical (unpaired) electrons. The van der Waals surface area contributed by atoms with Crippen molar-refractivity contribution in [2.24, 2.45) is 5.73 Å². The van der Waals surface area contributed by atoms with Crippen LogP contribution in [0, 0.1) is 6.92 Å². The highest BCUT2D eigenvalue weighted by Crippen LogP contribution is 2.32. The number of amides is 2. The molecule has 0 spiro atoms. The number of carbonyl (C=O) groups excluding carboxylic acids is 2. The van der Waals surface area contributed by atoms with Gasteiger partial charge in [0, 0.05) is 17.1 Å². The first-order chi connectivity index (χ1) is 14.1. The Morgan fingerprint density at radius 2 is 2.13 bits per heavy atom. The lowest BCUT2D eigenvalue weighted by Gasteiger charge is -2.12. The van der Waals surface area contributed by atoms with E-state index in [0.29, 0.717) is 11.0 Å². The number of nitrogens with two attached hydrogens (primary N) is 1. The fourth-order valence-corrected chi connectivity index (χ4v) is 2.84. The van der Waals surface area contributed by atoms with Crippen LogP contribution in [0.1, 0.15) is 27.4 Å². The quantitative estimate of drug-likeness (QED) is 0.452. The molecule has 2 amide bonds. The van der Waals surface area contributed by atoms with E-state index in [1.807, 2.05) is 0 Å². The number of aromatic nitrogens is 2. The van der Waals surface area contributed by atoms with Crippen molar-refractivity contribution in [1.29, 1.82) is 0 Å². The minimum absolute atomic E-state index is 0.0782. The van der Waals surface area contributed by atoms with Gasteiger partial charge in [0.25, 0.3) is 5.91 Å². The zero-order chi connectivity index (χ0) is 22.1. The van der Waals surface area contributed by atoms with E-state index in [2.05, 4.69) is 15.5 Å². The predicted molar refractivity (Wildman–Crippen MR) is 96.4 cm³/mol. The van der Waals surface area contributed by atoms with E-state index in [1.54, 1.807) is 0 Å². The molecular formula is C18H17F3N4O5. The van der Waals surface area contributed by atoms with Crippen molar-refractivity contribution in [3.8, 4) is 5.75 Å². The number of aryl methyl sites for hydroxylation is 1. The summed E-state index contributed by atoms with van der Waals surface area (Å²) in [5.74, 6) is -1.22. The number of fused-ring (bicyclic) bond motifs is 1. The third kappa shape index (κ3) is 4.22. The molecule has 3 rings (SSSR count). The Kier molecular flexibility index (Phi) is 5.69. The highest BCUT2D eigenvalue weighted by Gasteiger charge is 2.36. The number of H-pyrrole nitrogens is 1. The molecule has 2 aromatic heterocycles. The zero-order valence-electron chi connectivity index (χ0n) is 15.5. The topological polar surface area (TPSA) is 143 Å². The molecule has 2 heterocycles. The number of alkyl halides is 3. The van der Waals surface area contributed by atoms with Crippen molar-refractivity contribution < 1.29 is 37.0 Å². The number of aliphatic hydroxyl groups is 1. The molecule has 0 saturated carbocycles. The van der Waals surface area contributed by atoms with Gasteiger partial charge < -0.3 is 25.3 Å². The molecule has 30 heavy (non-hydrogen) atoms. The number of ether oxygens (including phenoxy) is 1. The second-order valence-corrected chi connectivity index (χ2v) is 6.35. The molecule has 0 saturated heterocycles. The summed E-state index contributed by atoms with van der Waals surface area (Å²) in [6.45, 7) is 0.425. The third-order valence-electron chi connectivity index (χ3n) is 4.28. The molecule has 0 fully saturated rings. The zero-order valence-corrected chi connectivity index (χ0v) is 15.5. The van der Waals surface area contributed by atoms with Gasteiger partial charge in [0.1, 0.15) is 29.7 Å². The van der Waals surface area contributed by atoms with Gasteiger partial charge in [-0.25, -0.2) is 0 Å². The van der Waals surface area contributed by atoms with Gasteiger partial charge in [-0.05, 0) is 25.1 Å². The van der Waals surface area contributed by atoms with Crippen LogP contribution in [0.25, 0.3) is 11.0 Å². The number of halogens is 3. The van der Waals surface area contributed by atoms with Crippen LogP contribution in [-0.2, 0) is 17.6 Å². The van der Waals surface area contributed by atoms with E-state index in [9.17, 15) is 22.8 Å². The van der Waals surface area contributed by atoms with Crippen LogP contribution in [0.5, 0.6) is 5.75 Å². The molecule has 1 aromatic carbocycles. The fraction of sp³-hybridized carbons (Fsp3) is 0.278. The van der Waals surface area contributed by atoms with Gasteiger partial charge in [-0.1, -0.05) is 0 Å². The van der Waals surface area contributed by atoms with Crippen molar-refractivity contribution in [2.75, 3.05) is 6.61 Å². The average Bonchev–Trinajstić information content (AvgIpc) is 3.27. The van der Waals surface area contributed by atoms with Gasteiger partial charge in [-0.15, -0.1) is 0 Å². The number of hydrogen-bond donors (Lipinski definition) is 4. The number of hydrogen-bond acceptors (Lipinski definition) is 6. The smallest absolute Gasteiger partial charge is 0.435 e. The summed E-state index contributed by atoms with van der Waals surface area (Å²) in [5.41, 5.74) is 4.25. The van der Waals surface area contributed by atoms with Crippen molar-refractivity contribution in [1.82, 2.24) is 15.5 Å². The SMILES string of the molecule is Cc1oc2ccc(OCc3c[nH]nc3C(F)(F)F)cc2c1C(=O)NC(CO)C(N)=O. The van der Waals surface area contributed by atoms with Gasteiger partial charge in [-0.2, -0.15) is 18.3 Å². The summed E-state index contributed by atoms with van der Waals surface area (Å²) in [5, 5.41) is 17.1. The maximum atomic E-state index is 12.9. The standard InChI is InChI=1S/C18H17F3N4O5/c1-8-14(17(28)24-12(6-26)16(22)27)11-4-10(2-3-13(11)30-8)29-7-9-5-23-25-15(9)18(19,20)21/h2-5,12,26H,6-7H2,1H3,(H2,22,27)(H,23,25)(H,24,28). The monoisotopic (exact) mass is 426 g/mol. The highest BCUT2D eigenvalue weighted by molar-refractivity contribution is 6.08. The largest absolute Gasteiger partial charge is 0.489 e. The van der Waals surface area contributed by atoms with Gasteiger partial charge in [0.15, 0.2) is 5.69 Å². The first kappa shape index (κ1) is 21.2. The molecule has 0 aliphatic carbocycles.